The molecule has 0 bridgehead atoms. The highest BCUT2D eigenvalue weighted by atomic mass is 15.0. The first-order valence-corrected chi connectivity index (χ1v) is 13.1. The van der Waals surface area contributed by atoms with Crippen LogP contribution in [0.5, 0.6) is 0 Å². The van der Waals surface area contributed by atoms with Crippen LogP contribution in [0.3, 0.4) is 0 Å². The maximum Gasteiger partial charge on any atom is 0.224 e. The molecule has 7 aromatic rings. The first-order chi connectivity index (χ1) is 17.2. The Labute approximate surface area is 212 Å². The van der Waals surface area contributed by atoms with Crippen LogP contribution in [0, 0.1) is 26.2 Å². The molecule has 3 heterocycles. The van der Waals surface area contributed by atoms with Crippen molar-refractivity contribution in [3.63, 3.8) is 0 Å². The van der Waals surface area contributed by atoms with Gasteiger partial charge < -0.3 is 4.40 Å². The number of pyridine rings is 2. The first-order valence-electron chi connectivity index (χ1n) is 13.1. The summed E-state index contributed by atoms with van der Waals surface area (Å²) in [5, 5.41) is 9.50. The average Bonchev–Trinajstić information content (AvgIpc) is 3.17. The van der Waals surface area contributed by atoms with Crippen LogP contribution >= 0.6 is 0 Å². The van der Waals surface area contributed by atoms with E-state index in [1.807, 2.05) is 0 Å². The summed E-state index contributed by atoms with van der Waals surface area (Å²) in [4.78, 5) is 0. The van der Waals surface area contributed by atoms with E-state index in [1.54, 1.807) is 0 Å². The Bertz CT molecular complexity index is 2030. The lowest BCUT2D eigenvalue weighted by atomic mass is 9.87. The summed E-state index contributed by atoms with van der Waals surface area (Å²) in [5.41, 5.74) is 11.1. The molecule has 0 spiro atoms. The molecule has 2 nitrogen and oxygen atoms in total. The topological polar surface area (TPSA) is 8.29 Å². The molecule has 0 unspecified atom stereocenters. The van der Waals surface area contributed by atoms with Crippen molar-refractivity contribution in [3.8, 4) is 0 Å². The van der Waals surface area contributed by atoms with E-state index in [0.29, 0.717) is 0 Å². The monoisotopic (exact) mass is 469 g/mol. The van der Waals surface area contributed by atoms with Crippen molar-refractivity contribution < 1.29 is 4.57 Å². The maximum atomic E-state index is 2.64. The van der Waals surface area contributed by atoms with Crippen molar-refractivity contribution in [1.82, 2.24) is 4.40 Å². The Morgan fingerprint density at radius 1 is 0.722 bits per heavy atom. The van der Waals surface area contributed by atoms with Gasteiger partial charge in [-0.25, -0.2) is 4.57 Å². The number of para-hydroxylation sites is 1. The van der Waals surface area contributed by atoms with Gasteiger partial charge in [0.25, 0.3) is 0 Å². The summed E-state index contributed by atoms with van der Waals surface area (Å²) in [6.45, 7) is 13.9. The third-order valence-electron chi connectivity index (χ3n) is 8.27. The van der Waals surface area contributed by atoms with Gasteiger partial charge in [-0.2, -0.15) is 0 Å². The fourth-order valence-corrected chi connectivity index (χ4v) is 6.80. The molecule has 0 aliphatic heterocycles. The highest BCUT2D eigenvalue weighted by Gasteiger charge is 2.27. The molecule has 0 aliphatic carbocycles. The van der Waals surface area contributed by atoms with Crippen LogP contribution in [0.2, 0.25) is 0 Å². The summed E-state index contributed by atoms with van der Waals surface area (Å²) in [6.07, 6.45) is 3.27. The third kappa shape index (κ3) is 2.70. The molecule has 0 aliphatic rings. The second-order valence-corrected chi connectivity index (χ2v) is 12.1. The molecule has 7 rings (SSSR count). The van der Waals surface area contributed by atoms with Crippen LogP contribution in [0.4, 0.5) is 0 Å². The smallest absolute Gasteiger partial charge is 0.224 e. The van der Waals surface area contributed by atoms with E-state index in [0.717, 1.165) is 6.42 Å². The van der Waals surface area contributed by atoms with Gasteiger partial charge >= 0.3 is 0 Å². The molecule has 0 atom stereocenters. The molecule has 36 heavy (non-hydrogen) atoms. The van der Waals surface area contributed by atoms with Crippen molar-refractivity contribution >= 4 is 59.8 Å². The summed E-state index contributed by atoms with van der Waals surface area (Å²) < 4.78 is 4.98. The number of aromatic nitrogens is 2. The Morgan fingerprint density at radius 3 is 2.25 bits per heavy atom. The Morgan fingerprint density at radius 2 is 1.47 bits per heavy atom. The molecule has 178 valence electrons. The van der Waals surface area contributed by atoms with Gasteiger partial charge in [-0.3, -0.25) is 0 Å². The van der Waals surface area contributed by atoms with Gasteiger partial charge in [-0.15, -0.1) is 0 Å². The zero-order valence-corrected chi connectivity index (χ0v) is 22.4. The van der Waals surface area contributed by atoms with E-state index in [9.17, 15) is 0 Å². The van der Waals surface area contributed by atoms with E-state index in [2.05, 4.69) is 118 Å². The Kier molecular flexibility index (Phi) is 4.19. The minimum atomic E-state index is 0.202. The summed E-state index contributed by atoms with van der Waals surface area (Å²) >= 11 is 0. The Balaban J connectivity index is 1.90. The van der Waals surface area contributed by atoms with E-state index < -0.39 is 0 Å². The SMILES string of the molecule is Cc1ccc2c(C)c3c(c(C)c2c1)c1c2c(ccc4c5cccc(CC(C)(C)C)c5n3c42)cc[n+]1C. The molecule has 0 radical (unpaired) electrons. The van der Waals surface area contributed by atoms with Crippen LogP contribution in [0.25, 0.3) is 59.8 Å². The predicted molar refractivity (Wildman–Crippen MR) is 155 cm³/mol. The van der Waals surface area contributed by atoms with E-state index in [-0.39, 0.29) is 5.41 Å². The molecule has 2 heteroatoms. The van der Waals surface area contributed by atoms with Gasteiger partial charge in [0.05, 0.1) is 27.3 Å². The maximum absolute atomic E-state index is 2.64. The highest BCUT2D eigenvalue weighted by molar-refractivity contribution is 6.29. The Hall–Kier alpha value is -3.65. The molecule has 4 aromatic carbocycles. The summed E-state index contributed by atoms with van der Waals surface area (Å²) in [6, 6.07) is 20.8. The fourth-order valence-electron chi connectivity index (χ4n) is 6.80. The fraction of sp³-hybridized carbons (Fsp3) is 0.265. The zero-order chi connectivity index (χ0) is 25.1. The molecular weight excluding hydrogens is 436 g/mol. The first kappa shape index (κ1) is 21.6. The molecule has 0 saturated heterocycles. The molecular formula is C34H33N2+. The number of aryl methyl sites for hydroxylation is 4. The van der Waals surface area contributed by atoms with Crippen molar-refractivity contribution in [2.45, 2.75) is 48.0 Å². The van der Waals surface area contributed by atoms with Gasteiger partial charge in [-0.1, -0.05) is 74.9 Å². The minimum absolute atomic E-state index is 0.202. The second kappa shape index (κ2) is 6.97. The van der Waals surface area contributed by atoms with E-state index in [1.165, 1.54) is 82.0 Å². The molecule has 0 N–H and O–H groups in total. The van der Waals surface area contributed by atoms with Crippen molar-refractivity contribution in [2.75, 3.05) is 0 Å². The largest absolute Gasteiger partial charge is 0.307 e. The molecule has 0 saturated carbocycles. The van der Waals surface area contributed by atoms with E-state index in [4.69, 9.17) is 0 Å². The second-order valence-electron chi connectivity index (χ2n) is 12.1. The number of hydrogen-bond donors (Lipinski definition) is 0. The highest BCUT2D eigenvalue weighted by Crippen LogP contribution is 2.45. The van der Waals surface area contributed by atoms with Crippen LogP contribution in [0.15, 0.2) is 60.8 Å². The molecule has 0 fully saturated rings. The number of hydrogen-bond acceptors (Lipinski definition) is 0. The number of fused-ring (bicyclic) bond motifs is 7. The lowest BCUT2D eigenvalue weighted by molar-refractivity contribution is -0.643. The van der Waals surface area contributed by atoms with Crippen molar-refractivity contribution in [3.05, 3.63) is 83.0 Å². The minimum Gasteiger partial charge on any atom is -0.307 e. The van der Waals surface area contributed by atoms with Gasteiger partial charge in [0.1, 0.15) is 7.05 Å². The summed E-state index contributed by atoms with van der Waals surface area (Å²) in [7, 11) is 2.20. The molecule has 3 aromatic heterocycles. The lowest BCUT2D eigenvalue weighted by Gasteiger charge is -2.20. The average molecular weight is 470 g/mol. The van der Waals surface area contributed by atoms with Gasteiger partial charge in [0, 0.05) is 16.8 Å². The third-order valence-corrected chi connectivity index (χ3v) is 8.27. The van der Waals surface area contributed by atoms with Crippen molar-refractivity contribution in [2.24, 2.45) is 12.5 Å². The lowest BCUT2D eigenvalue weighted by Crippen LogP contribution is -2.29. The van der Waals surface area contributed by atoms with Crippen LogP contribution < -0.4 is 4.57 Å². The van der Waals surface area contributed by atoms with Crippen LogP contribution in [-0.2, 0) is 13.5 Å². The summed E-state index contributed by atoms with van der Waals surface area (Å²) in [5.74, 6) is 0. The van der Waals surface area contributed by atoms with Gasteiger partial charge in [-0.05, 0) is 65.5 Å². The van der Waals surface area contributed by atoms with Gasteiger partial charge in [0.15, 0.2) is 6.20 Å². The standard InChI is InChI=1S/C34H33N2/c1-19-11-13-24-21(3)30-28(20(2)27(24)17-19)33-29-22(15-16-35(33)7)12-14-26-25-10-8-9-23(18-34(4,5)6)31(25)36(30)32(26)29/h8-17H,18H2,1-7H3/q+1. The van der Waals surface area contributed by atoms with Crippen LogP contribution in [0.1, 0.15) is 43.0 Å². The normalized spacial score (nSPS) is 13.0. The van der Waals surface area contributed by atoms with Crippen LogP contribution in [-0.4, -0.2) is 4.40 Å². The van der Waals surface area contributed by atoms with Gasteiger partial charge in [0.2, 0.25) is 5.52 Å². The number of nitrogens with zero attached hydrogens (tertiary/aromatic N) is 2. The quantitative estimate of drug-likeness (QED) is 0.129. The number of benzene rings is 4. The van der Waals surface area contributed by atoms with E-state index >= 15 is 0 Å². The van der Waals surface area contributed by atoms with Crippen molar-refractivity contribution in [1.29, 1.82) is 0 Å². The zero-order valence-electron chi connectivity index (χ0n) is 22.4. The molecule has 0 amide bonds. The predicted octanol–water partition coefficient (Wildman–Crippen LogP) is 8.48. The number of rotatable bonds is 1.